The molecule has 2 amide bonds. The van der Waals surface area contributed by atoms with Crippen molar-refractivity contribution in [2.45, 2.75) is 52.0 Å². The van der Waals surface area contributed by atoms with Gasteiger partial charge in [-0.05, 0) is 38.0 Å². The highest BCUT2D eigenvalue weighted by Gasteiger charge is 2.22. The monoisotopic (exact) mass is 227 g/mol. The molecule has 16 heavy (non-hydrogen) atoms. The van der Waals surface area contributed by atoms with Gasteiger partial charge in [0.25, 0.3) is 0 Å². The van der Waals surface area contributed by atoms with Crippen molar-refractivity contribution in [1.82, 2.24) is 10.3 Å². The summed E-state index contributed by atoms with van der Waals surface area (Å²) in [5, 5.41) is 6.57. The Morgan fingerprint density at radius 3 is 2.50 bits per heavy atom. The lowest BCUT2D eigenvalue weighted by atomic mass is 9.87. The average molecular weight is 227 g/mol. The fraction of sp³-hybridized carbons (Fsp3) is 0.909. The van der Waals surface area contributed by atoms with Crippen molar-refractivity contribution in [2.24, 2.45) is 11.2 Å². The lowest BCUT2D eigenvalue weighted by molar-refractivity contribution is 0.188. The minimum Gasteiger partial charge on any atom is -0.334 e. The van der Waals surface area contributed by atoms with Gasteiger partial charge in [-0.3, -0.25) is 0 Å². The molecule has 1 rings (SSSR count). The van der Waals surface area contributed by atoms with Crippen molar-refractivity contribution in [3.63, 3.8) is 0 Å². The number of carbonyl (C=O) groups excluding carboxylic acids is 1. The van der Waals surface area contributed by atoms with Crippen molar-refractivity contribution in [3.8, 4) is 0 Å². The number of urea groups is 1. The van der Waals surface area contributed by atoms with Gasteiger partial charge in [-0.2, -0.15) is 5.01 Å². The van der Waals surface area contributed by atoms with E-state index < -0.39 is 0 Å². The maximum absolute atomic E-state index is 11.6. The van der Waals surface area contributed by atoms with Gasteiger partial charge in [-0.15, -0.1) is 4.91 Å². The summed E-state index contributed by atoms with van der Waals surface area (Å²) in [7, 11) is 0. The molecule has 1 aliphatic rings. The first-order chi connectivity index (χ1) is 7.67. The number of rotatable bonds is 4. The first-order valence-electron chi connectivity index (χ1n) is 6.08. The molecule has 0 spiro atoms. The normalized spacial score (nSPS) is 24.9. The smallest absolute Gasteiger partial charge is 0.334 e. The first kappa shape index (κ1) is 12.9. The lowest BCUT2D eigenvalue weighted by Crippen LogP contribution is -2.44. The molecule has 1 N–H and O–H groups in total. The largest absolute Gasteiger partial charge is 0.340 e. The van der Waals surface area contributed by atoms with Gasteiger partial charge in [0.15, 0.2) is 0 Å². The summed E-state index contributed by atoms with van der Waals surface area (Å²) >= 11 is 0. The quantitative estimate of drug-likeness (QED) is 0.593. The van der Waals surface area contributed by atoms with Crippen LogP contribution in [0.1, 0.15) is 46.0 Å². The van der Waals surface area contributed by atoms with E-state index in [1.54, 1.807) is 0 Å². The summed E-state index contributed by atoms with van der Waals surface area (Å²) < 4.78 is 0. The van der Waals surface area contributed by atoms with Crippen LogP contribution < -0.4 is 5.32 Å². The van der Waals surface area contributed by atoms with Crippen LogP contribution in [0.4, 0.5) is 4.79 Å². The second-order valence-electron chi connectivity index (χ2n) is 4.61. The third kappa shape index (κ3) is 3.79. The van der Waals surface area contributed by atoms with E-state index in [9.17, 15) is 9.70 Å². The third-order valence-electron chi connectivity index (χ3n) is 3.11. The zero-order valence-corrected chi connectivity index (χ0v) is 10.1. The molecule has 0 heterocycles. The van der Waals surface area contributed by atoms with E-state index in [4.69, 9.17) is 0 Å². The number of amides is 2. The van der Waals surface area contributed by atoms with E-state index >= 15 is 0 Å². The SMILES string of the molecule is CCCN(N=O)C(=O)NC1CCC(C)CC1. The van der Waals surface area contributed by atoms with Crippen molar-refractivity contribution < 1.29 is 4.79 Å². The highest BCUT2D eigenvalue weighted by molar-refractivity contribution is 5.74. The summed E-state index contributed by atoms with van der Waals surface area (Å²) in [5.74, 6) is 0.754. The predicted octanol–water partition coefficient (Wildman–Crippen LogP) is 2.67. The number of carbonyl (C=O) groups is 1. The van der Waals surface area contributed by atoms with Crippen LogP contribution in [0.25, 0.3) is 0 Å². The van der Waals surface area contributed by atoms with Gasteiger partial charge >= 0.3 is 6.03 Å². The molecule has 0 aromatic rings. The van der Waals surface area contributed by atoms with Gasteiger partial charge in [-0.1, -0.05) is 13.8 Å². The van der Waals surface area contributed by atoms with Crippen LogP contribution in [0.5, 0.6) is 0 Å². The molecule has 0 saturated heterocycles. The molecular formula is C11H21N3O2. The molecule has 0 aliphatic heterocycles. The molecule has 0 radical (unpaired) electrons. The molecule has 5 heteroatoms. The Hall–Kier alpha value is -1.13. The zero-order valence-electron chi connectivity index (χ0n) is 10.1. The van der Waals surface area contributed by atoms with Crippen LogP contribution in [-0.2, 0) is 0 Å². The van der Waals surface area contributed by atoms with Crippen LogP contribution in [0.2, 0.25) is 0 Å². The van der Waals surface area contributed by atoms with Gasteiger partial charge in [0.05, 0.1) is 5.29 Å². The Balaban J connectivity index is 2.35. The van der Waals surface area contributed by atoms with Crippen molar-refractivity contribution >= 4 is 6.03 Å². The fourth-order valence-corrected chi connectivity index (χ4v) is 2.04. The molecule has 0 aromatic heterocycles. The summed E-state index contributed by atoms with van der Waals surface area (Å²) in [5.41, 5.74) is 0. The van der Waals surface area contributed by atoms with E-state index in [0.29, 0.717) is 6.54 Å². The minimum atomic E-state index is -0.351. The molecule has 1 fully saturated rings. The van der Waals surface area contributed by atoms with Gasteiger partial charge < -0.3 is 5.32 Å². The maximum Gasteiger partial charge on any atom is 0.340 e. The van der Waals surface area contributed by atoms with Crippen LogP contribution in [0, 0.1) is 10.8 Å². The molecular weight excluding hydrogens is 206 g/mol. The fourth-order valence-electron chi connectivity index (χ4n) is 2.04. The number of hydrogen-bond donors (Lipinski definition) is 1. The van der Waals surface area contributed by atoms with Crippen LogP contribution in [-0.4, -0.2) is 23.6 Å². The van der Waals surface area contributed by atoms with Crippen LogP contribution >= 0.6 is 0 Å². The molecule has 1 aliphatic carbocycles. The highest BCUT2D eigenvalue weighted by atomic mass is 16.3. The molecule has 5 nitrogen and oxygen atoms in total. The predicted molar refractivity (Wildman–Crippen MR) is 62.7 cm³/mol. The Labute approximate surface area is 96.5 Å². The molecule has 1 saturated carbocycles. The summed E-state index contributed by atoms with van der Waals surface area (Å²) in [6.07, 6.45) is 5.04. The van der Waals surface area contributed by atoms with E-state index in [-0.39, 0.29) is 12.1 Å². The Kier molecular flexibility index (Phi) is 5.22. The Morgan fingerprint density at radius 1 is 1.38 bits per heavy atom. The van der Waals surface area contributed by atoms with E-state index in [1.807, 2.05) is 6.92 Å². The molecule has 0 aromatic carbocycles. The molecule has 92 valence electrons. The Bertz CT molecular complexity index is 237. The van der Waals surface area contributed by atoms with E-state index in [2.05, 4.69) is 17.5 Å². The number of nitrogens with one attached hydrogen (secondary N) is 1. The highest BCUT2D eigenvalue weighted by Crippen LogP contribution is 2.23. The first-order valence-corrected chi connectivity index (χ1v) is 6.08. The lowest BCUT2D eigenvalue weighted by Gasteiger charge is -2.27. The second kappa shape index (κ2) is 6.45. The van der Waals surface area contributed by atoms with E-state index in [1.165, 1.54) is 0 Å². The minimum absolute atomic E-state index is 0.213. The van der Waals surface area contributed by atoms with E-state index in [0.717, 1.165) is 43.0 Å². The van der Waals surface area contributed by atoms with Crippen LogP contribution in [0.15, 0.2) is 5.29 Å². The summed E-state index contributed by atoms with van der Waals surface area (Å²) in [4.78, 5) is 22.1. The third-order valence-corrected chi connectivity index (χ3v) is 3.11. The second-order valence-corrected chi connectivity index (χ2v) is 4.61. The maximum atomic E-state index is 11.6. The number of nitrogens with zero attached hydrogens (tertiary/aromatic N) is 2. The summed E-state index contributed by atoms with van der Waals surface area (Å²) in [6.45, 7) is 4.53. The Morgan fingerprint density at radius 2 is 2.00 bits per heavy atom. The van der Waals surface area contributed by atoms with Gasteiger partial charge in [-0.25, -0.2) is 4.79 Å². The molecule has 0 unspecified atom stereocenters. The van der Waals surface area contributed by atoms with Gasteiger partial charge in [0.1, 0.15) is 0 Å². The zero-order chi connectivity index (χ0) is 12.0. The molecule has 0 bridgehead atoms. The summed E-state index contributed by atoms with van der Waals surface area (Å²) in [6, 6.07) is -0.138. The average Bonchev–Trinajstić information content (AvgIpc) is 2.29. The topological polar surface area (TPSA) is 61.8 Å². The standard InChI is InChI=1S/C11H21N3O2/c1-3-8-14(13-16)11(15)12-10-6-4-9(2)5-7-10/h9-10H,3-8H2,1-2H3,(H,12,15). The molecule has 0 atom stereocenters. The van der Waals surface area contributed by atoms with Gasteiger partial charge in [0.2, 0.25) is 0 Å². The van der Waals surface area contributed by atoms with Crippen molar-refractivity contribution in [1.29, 1.82) is 0 Å². The van der Waals surface area contributed by atoms with Gasteiger partial charge in [0, 0.05) is 12.6 Å². The number of nitroso groups, excluding NO2 is 1. The number of hydrogen-bond acceptors (Lipinski definition) is 3. The van der Waals surface area contributed by atoms with Crippen molar-refractivity contribution in [3.05, 3.63) is 4.91 Å². The van der Waals surface area contributed by atoms with Crippen LogP contribution in [0.3, 0.4) is 0 Å². The van der Waals surface area contributed by atoms with Crippen molar-refractivity contribution in [2.75, 3.05) is 6.54 Å².